The van der Waals surface area contributed by atoms with Crippen molar-refractivity contribution in [2.24, 2.45) is 0 Å². The summed E-state index contributed by atoms with van der Waals surface area (Å²) < 4.78 is 6.42. The lowest BCUT2D eigenvalue weighted by Crippen LogP contribution is -2.42. The van der Waals surface area contributed by atoms with Crippen molar-refractivity contribution in [1.82, 2.24) is 5.32 Å². The van der Waals surface area contributed by atoms with Crippen LogP contribution in [0.15, 0.2) is 22.7 Å². The topological polar surface area (TPSA) is 64.3 Å². The first-order valence-electron chi connectivity index (χ1n) is 6.50. The summed E-state index contributed by atoms with van der Waals surface area (Å²) in [5.74, 6) is 0.468. The zero-order valence-corrected chi connectivity index (χ0v) is 13.2. The van der Waals surface area contributed by atoms with Gasteiger partial charge in [-0.3, -0.25) is 4.79 Å². The van der Waals surface area contributed by atoms with Crippen LogP contribution in [0.1, 0.15) is 33.6 Å². The Morgan fingerprint density at radius 2 is 2.05 bits per heavy atom. The van der Waals surface area contributed by atoms with Gasteiger partial charge in [0.2, 0.25) is 0 Å². The monoisotopic (exact) mass is 328 g/mol. The largest absolute Gasteiger partial charge is 0.480 e. The number of carbonyl (C=O) groups is 1. The summed E-state index contributed by atoms with van der Waals surface area (Å²) in [6, 6.07) is 5.47. The van der Waals surface area contributed by atoms with Gasteiger partial charge in [-0.2, -0.15) is 0 Å². The van der Waals surface area contributed by atoms with Crippen LogP contribution < -0.4 is 15.8 Å². The number of nitrogens with two attached hydrogens (primary N) is 1. The second-order valence-electron chi connectivity index (χ2n) is 4.47. The van der Waals surface area contributed by atoms with Crippen LogP contribution in [0.2, 0.25) is 0 Å². The van der Waals surface area contributed by atoms with Gasteiger partial charge in [-0.25, -0.2) is 0 Å². The van der Waals surface area contributed by atoms with E-state index in [1.807, 2.05) is 0 Å². The van der Waals surface area contributed by atoms with E-state index in [0.29, 0.717) is 11.4 Å². The number of amides is 1. The second kappa shape index (κ2) is 7.38. The normalized spacial score (nSPS) is 12.3. The van der Waals surface area contributed by atoms with E-state index in [2.05, 4.69) is 35.1 Å². The van der Waals surface area contributed by atoms with E-state index in [1.54, 1.807) is 25.1 Å². The van der Waals surface area contributed by atoms with Crippen molar-refractivity contribution in [3.8, 4) is 5.75 Å². The zero-order chi connectivity index (χ0) is 14.4. The first kappa shape index (κ1) is 15.8. The molecular weight excluding hydrogens is 308 g/mol. The van der Waals surface area contributed by atoms with Gasteiger partial charge < -0.3 is 15.8 Å². The lowest BCUT2D eigenvalue weighted by Gasteiger charge is -2.20. The molecule has 0 aromatic heterocycles. The highest BCUT2D eigenvalue weighted by Gasteiger charge is 2.18. The minimum atomic E-state index is -0.557. The first-order chi connectivity index (χ1) is 8.97. The van der Waals surface area contributed by atoms with Crippen LogP contribution in [0.3, 0.4) is 0 Å². The fraction of sp³-hybridized carbons (Fsp3) is 0.500. The molecular formula is C14H21BrN2O2. The highest BCUT2D eigenvalue weighted by atomic mass is 79.9. The summed E-state index contributed by atoms with van der Waals surface area (Å²) in [5.41, 5.74) is 6.30. The summed E-state index contributed by atoms with van der Waals surface area (Å²) in [4.78, 5) is 12.0. The van der Waals surface area contributed by atoms with E-state index in [9.17, 15) is 4.79 Å². The first-order valence-corrected chi connectivity index (χ1v) is 7.29. The van der Waals surface area contributed by atoms with Crippen LogP contribution in [0.25, 0.3) is 0 Å². The van der Waals surface area contributed by atoms with E-state index in [4.69, 9.17) is 10.5 Å². The van der Waals surface area contributed by atoms with Gasteiger partial charge >= 0.3 is 0 Å². The summed E-state index contributed by atoms with van der Waals surface area (Å²) in [6.45, 7) is 5.83. The predicted octanol–water partition coefficient (Wildman–Crippen LogP) is 3.10. The van der Waals surface area contributed by atoms with Crippen molar-refractivity contribution in [1.29, 1.82) is 0 Å². The van der Waals surface area contributed by atoms with Gasteiger partial charge in [-0.15, -0.1) is 0 Å². The van der Waals surface area contributed by atoms with Crippen LogP contribution in [0.4, 0.5) is 5.69 Å². The lowest BCUT2D eigenvalue weighted by molar-refractivity contribution is -0.128. The van der Waals surface area contributed by atoms with Crippen molar-refractivity contribution in [3.63, 3.8) is 0 Å². The molecule has 0 spiro atoms. The highest BCUT2D eigenvalue weighted by molar-refractivity contribution is 9.10. The van der Waals surface area contributed by atoms with Crippen LogP contribution in [0.5, 0.6) is 5.75 Å². The van der Waals surface area contributed by atoms with Crippen LogP contribution in [-0.4, -0.2) is 18.1 Å². The number of benzene rings is 1. The molecule has 0 fully saturated rings. The molecule has 0 bridgehead atoms. The van der Waals surface area contributed by atoms with Crippen molar-refractivity contribution < 1.29 is 9.53 Å². The van der Waals surface area contributed by atoms with E-state index in [-0.39, 0.29) is 11.9 Å². The Morgan fingerprint density at radius 1 is 1.42 bits per heavy atom. The molecule has 0 saturated heterocycles. The van der Waals surface area contributed by atoms with E-state index in [1.165, 1.54) is 0 Å². The Kier molecular flexibility index (Phi) is 6.15. The summed E-state index contributed by atoms with van der Waals surface area (Å²) >= 11 is 3.37. The van der Waals surface area contributed by atoms with Gasteiger partial charge in [0.15, 0.2) is 6.10 Å². The van der Waals surface area contributed by atoms with Crippen molar-refractivity contribution in [3.05, 3.63) is 22.7 Å². The minimum Gasteiger partial charge on any atom is -0.480 e. The van der Waals surface area contributed by atoms with Gasteiger partial charge in [0.05, 0.1) is 4.47 Å². The minimum absolute atomic E-state index is 0.108. The molecule has 1 amide bonds. The van der Waals surface area contributed by atoms with Gasteiger partial charge in [0.1, 0.15) is 5.75 Å². The van der Waals surface area contributed by atoms with E-state index >= 15 is 0 Å². The Bertz CT molecular complexity index is 433. The summed E-state index contributed by atoms with van der Waals surface area (Å²) in [6.07, 6.45) is 1.27. The third-order valence-corrected chi connectivity index (χ3v) is 3.62. The molecule has 1 aromatic rings. The van der Waals surface area contributed by atoms with Gasteiger partial charge in [0, 0.05) is 17.8 Å². The van der Waals surface area contributed by atoms with Crippen LogP contribution in [0, 0.1) is 0 Å². The molecule has 0 aliphatic carbocycles. The van der Waals surface area contributed by atoms with Crippen molar-refractivity contribution in [2.45, 2.75) is 45.8 Å². The van der Waals surface area contributed by atoms with Crippen molar-refractivity contribution in [2.75, 3.05) is 5.73 Å². The number of carbonyl (C=O) groups excluding carboxylic acids is 1. The number of rotatable bonds is 6. The van der Waals surface area contributed by atoms with Crippen molar-refractivity contribution >= 4 is 27.5 Å². The molecule has 0 aliphatic rings. The molecule has 0 aliphatic heterocycles. The number of hydrogen-bond donors (Lipinski definition) is 2. The Labute approximate surface area is 122 Å². The number of halogens is 1. The maximum atomic E-state index is 12.0. The Morgan fingerprint density at radius 3 is 2.63 bits per heavy atom. The average molecular weight is 329 g/mol. The highest BCUT2D eigenvalue weighted by Crippen LogP contribution is 2.27. The smallest absolute Gasteiger partial charge is 0.260 e. The molecule has 1 atom stereocenters. The van der Waals surface area contributed by atoms with Gasteiger partial charge in [-0.05, 0) is 47.8 Å². The number of hydrogen-bond acceptors (Lipinski definition) is 3. The number of ether oxygens (including phenoxy) is 1. The average Bonchev–Trinajstić information content (AvgIpc) is 2.39. The SMILES string of the molecule is CCC(CC)NC(=O)C(C)Oc1cc(N)ccc1Br. The molecule has 4 nitrogen and oxygen atoms in total. The third-order valence-electron chi connectivity index (χ3n) is 2.96. The number of anilines is 1. The zero-order valence-electron chi connectivity index (χ0n) is 11.6. The van der Waals surface area contributed by atoms with Gasteiger partial charge in [-0.1, -0.05) is 13.8 Å². The van der Waals surface area contributed by atoms with E-state index in [0.717, 1.165) is 17.3 Å². The van der Waals surface area contributed by atoms with Crippen LogP contribution in [-0.2, 0) is 4.79 Å². The molecule has 5 heteroatoms. The van der Waals surface area contributed by atoms with Gasteiger partial charge in [0.25, 0.3) is 5.91 Å². The molecule has 0 radical (unpaired) electrons. The Hall–Kier alpha value is -1.23. The fourth-order valence-electron chi connectivity index (χ4n) is 1.67. The summed E-state index contributed by atoms with van der Waals surface area (Å²) in [7, 11) is 0. The standard InChI is InChI=1S/C14H21BrN2O2/c1-4-11(5-2)17-14(18)9(3)19-13-8-10(16)6-7-12(13)15/h6-9,11H,4-5,16H2,1-3H3,(H,17,18). The molecule has 3 N–H and O–H groups in total. The quantitative estimate of drug-likeness (QED) is 0.788. The number of nitrogens with one attached hydrogen (secondary N) is 1. The molecule has 0 heterocycles. The fourth-order valence-corrected chi connectivity index (χ4v) is 2.01. The third kappa shape index (κ3) is 4.74. The maximum absolute atomic E-state index is 12.0. The maximum Gasteiger partial charge on any atom is 0.260 e. The second-order valence-corrected chi connectivity index (χ2v) is 5.33. The summed E-state index contributed by atoms with van der Waals surface area (Å²) in [5, 5.41) is 2.96. The molecule has 0 saturated carbocycles. The predicted molar refractivity (Wildman–Crippen MR) is 81.2 cm³/mol. The lowest BCUT2D eigenvalue weighted by atomic mass is 10.1. The molecule has 1 unspecified atom stereocenters. The molecule has 106 valence electrons. The van der Waals surface area contributed by atoms with E-state index < -0.39 is 6.10 Å². The molecule has 1 aromatic carbocycles. The van der Waals surface area contributed by atoms with Crippen LogP contribution >= 0.6 is 15.9 Å². The molecule has 19 heavy (non-hydrogen) atoms. The number of nitrogen functional groups attached to an aromatic ring is 1. The molecule has 1 rings (SSSR count). The Balaban J connectivity index is 2.65.